The van der Waals surface area contributed by atoms with Crippen molar-refractivity contribution in [3.05, 3.63) is 68.6 Å². The maximum atomic E-state index is 7.34. The Morgan fingerprint density at radius 1 is 0.654 bits per heavy atom. The number of hydrogen-bond donors (Lipinski definition) is 0. The molecule has 0 atom stereocenters. The first kappa shape index (κ1) is 18.6. The van der Waals surface area contributed by atoms with E-state index in [1.165, 1.54) is 11.1 Å². The first-order valence-corrected chi connectivity index (χ1v) is 16.1. The zero-order valence-corrected chi connectivity index (χ0v) is 18.6. The van der Waals surface area contributed by atoms with Gasteiger partial charge >= 0.3 is 0 Å². The second kappa shape index (κ2) is 6.23. The average Bonchev–Trinajstić information content (AvgIpc) is 2.55. The lowest BCUT2D eigenvalue weighted by Crippen LogP contribution is -2.37. The van der Waals surface area contributed by atoms with Gasteiger partial charge in [-0.3, -0.25) is 9.69 Å². The summed E-state index contributed by atoms with van der Waals surface area (Å²) in [5.41, 5.74) is 3.77. The van der Waals surface area contributed by atoms with Gasteiger partial charge in [0.2, 0.25) is 0 Å². The van der Waals surface area contributed by atoms with Gasteiger partial charge in [0.15, 0.2) is 11.4 Å². The van der Waals surface area contributed by atoms with Gasteiger partial charge in [-0.05, 0) is 34.7 Å². The number of benzene rings is 2. The van der Waals surface area contributed by atoms with Crippen LogP contribution in [0.2, 0.25) is 39.3 Å². The molecule has 0 radical (unpaired) electrons. The van der Waals surface area contributed by atoms with Crippen LogP contribution in [0.15, 0.2) is 34.7 Å². The summed E-state index contributed by atoms with van der Waals surface area (Å²) in [6.45, 7) is 29.5. The Morgan fingerprint density at radius 2 is 1.00 bits per heavy atom. The van der Waals surface area contributed by atoms with Crippen LogP contribution in [0.25, 0.3) is 20.5 Å². The van der Waals surface area contributed by atoms with E-state index in [9.17, 15) is 0 Å². The molecule has 3 rings (SSSR count). The van der Waals surface area contributed by atoms with Crippen molar-refractivity contribution in [2.75, 3.05) is 0 Å². The smallest absolute Gasteiger partial charge is 0.195 e. The van der Waals surface area contributed by atoms with E-state index in [1.54, 1.807) is 10.4 Å². The van der Waals surface area contributed by atoms with E-state index < -0.39 is 16.1 Å². The summed E-state index contributed by atoms with van der Waals surface area (Å²) in [5, 5.41) is 5.67. The minimum atomic E-state index is -1.37. The Balaban J connectivity index is 2.22. The SMILES string of the molecule is [C-]#[N+]c1cc2cc3c(cc2cc1[N+]#[C-])CC([Si](C)(C)C)=C([Si](C)(C)C)C3. The minimum Gasteiger partial charge on any atom is -0.250 e. The lowest BCUT2D eigenvalue weighted by Gasteiger charge is -2.36. The van der Waals surface area contributed by atoms with Gasteiger partial charge in [0.1, 0.15) is 0 Å². The van der Waals surface area contributed by atoms with Gasteiger partial charge in [0.25, 0.3) is 0 Å². The molecule has 2 aromatic carbocycles. The molecule has 1 aliphatic rings. The Morgan fingerprint density at radius 3 is 1.27 bits per heavy atom. The zero-order valence-electron chi connectivity index (χ0n) is 16.6. The molecule has 0 N–H and O–H groups in total. The monoisotopic (exact) mass is 374 g/mol. The fraction of sp³-hybridized carbons (Fsp3) is 0.364. The van der Waals surface area contributed by atoms with E-state index in [1.807, 2.05) is 12.1 Å². The zero-order chi connectivity index (χ0) is 19.3. The molecule has 0 spiro atoms. The molecule has 1 aliphatic carbocycles. The molecular formula is C22H26N2Si2. The molecule has 0 unspecified atom stereocenters. The van der Waals surface area contributed by atoms with Crippen molar-refractivity contribution in [2.45, 2.75) is 52.1 Å². The van der Waals surface area contributed by atoms with Crippen LogP contribution in [0.1, 0.15) is 11.1 Å². The molecule has 2 nitrogen and oxygen atoms in total. The van der Waals surface area contributed by atoms with Gasteiger partial charge in [-0.15, -0.1) is 0 Å². The highest BCUT2D eigenvalue weighted by Gasteiger charge is 2.33. The Kier molecular flexibility index (Phi) is 4.47. The summed E-state index contributed by atoms with van der Waals surface area (Å²) in [4.78, 5) is 7.08. The van der Waals surface area contributed by atoms with E-state index >= 15 is 0 Å². The summed E-state index contributed by atoms with van der Waals surface area (Å²) < 4.78 is 0. The molecule has 0 saturated heterocycles. The van der Waals surface area contributed by atoms with Gasteiger partial charge in [-0.1, -0.05) is 73.9 Å². The van der Waals surface area contributed by atoms with Crippen molar-refractivity contribution in [3.8, 4) is 0 Å². The topological polar surface area (TPSA) is 8.72 Å². The number of hydrogen-bond acceptors (Lipinski definition) is 0. The van der Waals surface area contributed by atoms with Crippen LogP contribution in [-0.2, 0) is 12.8 Å². The lowest BCUT2D eigenvalue weighted by atomic mass is 9.92. The third-order valence-electron chi connectivity index (χ3n) is 5.40. The fourth-order valence-electron chi connectivity index (χ4n) is 3.96. The van der Waals surface area contributed by atoms with Crippen molar-refractivity contribution in [2.24, 2.45) is 0 Å². The van der Waals surface area contributed by atoms with E-state index in [4.69, 9.17) is 13.1 Å². The van der Waals surface area contributed by atoms with E-state index in [0.717, 1.165) is 23.6 Å². The largest absolute Gasteiger partial charge is 0.250 e. The molecule has 0 heterocycles. The van der Waals surface area contributed by atoms with Crippen LogP contribution in [-0.4, -0.2) is 16.1 Å². The van der Waals surface area contributed by atoms with Gasteiger partial charge in [-0.2, -0.15) is 0 Å². The highest BCUT2D eigenvalue weighted by atomic mass is 28.3. The normalized spacial score (nSPS) is 14.8. The molecule has 4 heteroatoms. The van der Waals surface area contributed by atoms with Gasteiger partial charge < -0.3 is 0 Å². The standard InChI is InChI=1S/C22H26N2Si2/c1-23-19-11-15-9-17-13-21(25(3,4)5)22(26(6,7)8)14-18(17)10-16(15)12-20(19)24-2/h9-12H,13-14H2,3-8H3. The molecule has 132 valence electrons. The number of rotatable bonds is 2. The Labute approximate surface area is 159 Å². The van der Waals surface area contributed by atoms with Crippen molar-refractivity contribution >= 4 is 38.3 Å². The predicted molar refractivity (Wildman–Crippen MR) is 118 cm³/mol. The van der Waals surface area contributed by atoms with Crippen molar-refractivity contribution in [1.82, 2.24) is 0 Å². The van der Waals surface area contributed by atoms with Crippen LogP contribution >= 0.6 is 0 Å². The molecule has 0 amide bonds. The third kappa shape index (κ3) is 3.28. The lowest BCUT2D eigenvalue weighted by molar-refractivity contribution is 1.04. The molecule has 0 fully saturated rings. The first-order valence-electron chi connectivity index (χ1n) is 9.12. The van der Waals surface area contributed by atoms with Gasteiger partial charge in [-0.25, -0.2) is 0 Å². The quantitative estimate of drug-likeness (QED) is 0.392. The molecule has 0 bridgehead atoms. The second-order valence-corrected chi connectivity index (χ2v) is 19.6. The van der Waals surface area contributed by atoms with Crippen LogP contribution in [0.4, 0.5) is 11.4 Å². The Bertz CT molecular complexity index is 937. The number of nitrogens with zero attached hydrogens (tertiary/aromatic N) is 2. The summed E-state index contributed by atoms with van der Waals surface area (Å²) in [6.07, 6.45) is 2.14. The number of fused-ring (bicyclic) bond motifs is 2. The van der Waals surface area contributed by atoms with Crippen molar-refractivity contribution in [1.29, 1.82) is 0 Å². The summed E-state index contributed by atoms with van der Waals surface area (Å²) >= 11 is 0. The number of allylic oxidation sites excluding steroid dienone is 2. The highest BCUT2D eigenvalue weighted by molar-refractivity contribution is 6.89. The minimum absolute atomic E-state index is 0.465. The van der Waals surface area contributed by atoms with E-state index in [0.29, 0.717) is 11.4 Å². The first-order chi connectivity index (χ1) is 12.0. The van der Waals surface area contributed by atoms with E-state index in [2.05, 4.69) is 61.1 Å². The van der Waals surface area contributed by atoms with Crippen molar-refractivity contribution < 1.29 is 0 Å². The Hall–Kier alpha value is -2.15. The van der Waals surface area contributed by atoms with Crippen LogP contribution in [0.3, 0.4) is 0 Å². The van der Waals surface area contributed by atoms with E-state index in [-0.39, 0.29) is 0 Å². The molecule has 0 saturated carbocycles. The summed E-state index contributed by atoms with van der Waals surface area (Å²) in [7, 11) is -2.74. The summed E-state index contributed by atoms with van der Waals surface area (Å²) in [6, 6.07) is 8.33. The highest BCUT2D eigenvalue weighted by Crippen LogP contribution is 2.40. The van der Waals surface area contributed by atoms with Crippen LogP contribution in [0, 0.1) is 13.1 Å². The van der Waals surface area contributed by atoms with Gasteiger partial charge in [0, 0.05) is 0 Å². The average molecular weight is 375 g/mol. The van der Waals surface area contributed by atoms with Gasteiger partial charge in [0.05, 0.1) is 29.3 Å². The molecule has 26 heavy (non-hydrogen) atoms. The molecule has 0 aromatic heterocycles. The second-order valence-electron chi connectivity index (χ2n) is 9.34. The maximum Gasteiger partial charge on any atom is 0.195 e. The third-order valence-corrected chi connectivity index (χ3v) is 10.2. The van der Waals surface area contributed by atoms with Crippen LogP contribution in [0.5, 0.6) is 0 Å². The van der Waals surface area contributed by atoms with Crippen LogP contribution < -0.4 is 0 Å². The molecule has 0 aliphatic heterocycles. The van der Waals surface area contributed by atoms with Crippen molar-refractivity contribution in [3.63, 3.8) is 0 Å². The summed E-state index contributed by atoms with van der Waals surface area (Å²) in [5.74, 6) is 0. The fourth-order valence-corrected chi connectivity index (χ4v) is 9.64. The molecule has 2 aromatic rings. The maximum absolute atomic E-state index is 7.34. The predicted octanol–water partition coefficient (Wildman–Crippen LogP) is 7.09. The molecular weight excluding hydrogens is 348 g/mol.